The van der Waals surface area contributed by atoms with E-state index in [-0.39, 0.29) is 11.8 Å². The van der Waals surface area contributed by atoms with Crippen LogP contribution in [0.15, 0.2) is 0 Å². The summed E-state index contributed by atoms with van der Waals surface area (Å²) in [6.45, 7) is 1.95. The summed E-state index contributed by atoms with van der Waals surface area (Å²) in [6.07, 6.45) is 3.00. The van der Waals surface area contributed by atoms with Gasteiger partial charge in [0.1, 0.15) is 9.84 Å². The standard InChI is InChI=1S/C11H23N3O3S/c1-13(2)11(15)14-7-4-10(5-8-14)12-6-9-18(3,16)17/h10,12H,4-9H2,1-3H3. The molecule has 18 heavy (non-hydrogen) atoms. The predicted octanol–water partition coefficient (Wildman–Crippen LogP) is -0.233. The number of hydrogen-bond acceptors (Lipinski definition) is 4. The summed E-state index contributed by atoms with van der Waals surface area (Å²) in [5.41, 5.74) is 0. The highest BCUT2D eigenvalue weighted by Gasteiger charge is 2.23. The van der Waals surface area contributed by atoms with Crippen LogP contribution >= 0.6 is 0 Å². The number of carbonyl (C=O) groups is 1. The van der Waals surface area contributed by atoms with Crippen LogP contribution in [-0.2, 0) is 9.84 Å². The molecule has 1 aliphatic heterocycles. The first-order valence-electron chi connectivity index (χ1n) is 6.17. The molecule has 6 nitrogen and oxygen atoms in total. The van der Waals surface area contributed by atoms with Crippen LogP contribution in [-0.4, -0.2) is 76.0 Å². The molecule has 0 radical (unpaired) electrons. The molecule has 1 aliphatic rings. The highest BCUT2D eigenvalue weighted by atomic mass is 32.2. The third-order valence-corrected chi connectivity index (χ3v) is 4.00. The Kier molecular flexibility index (Phi) is 5.40. The van der Waals surface area contributed by atoms with Crippen LogP contribution in [0, 0.1) is 0 Å². The second-order valence-corrected chi connectivity index (χ2v) is 7.28. The molecule has 1 fully saturated rings. The zero-order chi connectivity index (χ0) is 13.8. The smallest absolute Gasteiger partial charge is 0.319 e. The zero-order valence-corrected chi connectivity index (χ0v) is 12.2. The average Bonchev–Trinajstić information content (AvgIpc) is 2.27. The quantitative estimate of drug-likeness (QED) is 0.770. The van der Waals surface area contributed by atoms with Crippen molar-refractivity contribution in [2.45, 2.75) is 18.9 Å². The number of piperidine rings is 1. The molecule has 1 rings (SSSR count). The van der Waals surface area contributed by atoms with E-state index >= 15 is 0 Å². The van der Waals surface area contributed by atoms with Crippen LogP contribution in [0.3, 0.4) is 0 Å². The number of amides is 2. The first kappa shape index (κ1) is 15.2. The molecular weight excluding hydrogens is 254 g/mol. The van der Waals surface area contributed by atoms with E-state index in [0.717, 1.165) is 25.9 Å². The van der Waals surface area contributed by atoms with E-state index in [0.29, 0.717) is 12.6 Å². The molecule has 106 valence electrons. The van der Waals surface area contributed by atoms with Gasteiger partial charge in [-0.3, -0.25) is 0 Å². The van der Waals surface area contributed by atoms with Crippen LogP contribution < -0.4 is 5.32 Å². The minimum Gasteiger partial charge on any atom is -0.331 e. The van der Waals surface area contributed by atoms with Gasteiger partial charge < -0.3 is 15.1 Å². The van der Waals surface area contributed by atoms with Gasteiger partial charge in [0.15, 0.2) is 0 Å². The maximum Gasteiger partial charge on any atom is 0.319 e. The van der Waals surface area contributed by atoms with Gasteiger partial charge in [0, 0.05) is 46.0 Å². The second kappa shape index (κ2) is 6.38. The highest BCUT2D eigenvalue weighted by molar-refractivity contribution is 7.90. The summed E-state index contributed by atoms with van der Waals surface area (Å²) in [5.74, 6) is 0.170. The number of likely N-dealkylation sites (tertiary alicyclic amines) is 1. The first-order chi connectivity index (χ1) is 8.29. The van der Waals surface area contributed by atoms with E-state index in [1.165, 1.54) is 6.26 Å². The molecule has 1 heterocycles. The summed E-state index contributed by atoms with van der Waals surface area (Å²) >= 11 is 0. The van der Waals surface area contributed by atoms with Gasteiger partial charge in [-0.25, -0.2) is 13.2 Å². The minimum absolute atomic E-state index is 0.0459. The van der Waals surface area contributed by atoms with Crippen molar-refractivity contribution in [2.75, 3.05) is 45.7 Å². The Balaban J connectivity index is 2.25. The van der Waals surface area contributed by atoms with Gasteiger partial charge in [-0.1, -0.05) is 0 Å². The lowest BCUT2D eigenvalue weighted by Crippen LogP contribution is -2.48. The van der Waals surface area contributed by atoms with Gasteiger partial charge in [0.2, 0.25) is 0 Å². The summed E-state index contributed by atoms with van der Waals surface area (Å²) in [6, 6.07) is 0.363. The Morgan fingerprint density at radius 2 is 1.89 bits per heavy atom. The zero-order valence-electron chi connectivity index (χ0n) is 11.3. The van der Waals surface area contributed by atoms with Crippen molar-refractivity contribution in [2.24, 2.45) is 0 Å². The van der Waals surface area contributed by atoms with Crippen molar-refractivity contribution < 1.29 is 13.2 Å². The Bertz CT molecular complexity index is 373. The Morgan fingerprint density at radius 1 is 1.33 bits per heavy atom. The van der Waals surface area contributed by atoms with E-state index in [4.69, 9.17) is 0 Å². The topological polar surface area (TPSA) is 69.7 Å². The molecule has 0 saturated carbocycles. The Labute approximate surface area is 109 Å². The van der Waals surface area contributed by atoms with Crippen LogP contribution in [0.1, 0.15) is 12.8 Å². The fraction of sp³-hybridized carbons (Fsp3) is 0.909. The molecule has 0 bridgehead atoms. The summed E-state index contributed by atoms with van der Waals surface area (Å²) < 4.78 is 22.0. The van der Waals surface area contributed by atoms with Gasteiger partial charge in [-0.2, -0.15) is 0 Å². The normalized spacial score (nSPS) is 17.8. The Morgan fingerprint density at radius 3 is 2.33 bits per heavy atom. The van der Waals surface area contributed by atoms with E-state index in [1.54, 1.807) is 19.0 Å². The number of nitrogens with zero attached hydrogens (tertiary/aromatic N) is 2. The van der Waals surface area contributed by atoms with E-state index in [2.05, 4.69) is 5.32 Å². The number of sulfone groups is 1. The molecule has 0 spiro atoms. The molecule has 7 heteroatoms. The number of carbonyl (C=O) groups excluding carboxylic acids is 1. The number of rotatable bonds is 4. The molecule has 0 atom stereocenters. The van der Waals surface area contributed by atoms with Crippen molar-refractivity contribution in [1.82, 2.24) is 15.1 Å². The third-order valence-electron chi connectivity index (χ3n) is 3.05. The highest BCUT2D eigenvalue weighted by Crippen LogP contribution is 2.11. The van der Waals surface area contributed by atoms with Crippen molar-refractivity contribution >= 4 is 15.9 Å². The largest absolute Gasteiger partial charge is 0.331 e. The van der Waals surface area contributed by atoms with E-state index < -0.39 is 9.84 Å². The molecular formula is C11H23N3O3S. The molecule has 1 saturated heterocycles. The molecule has 0 unspecified atom stereocenters. The minimum atomic E-state index is -2.89. The molecule has 0 aromatic rings. The van der Waals surface area contributed by atoms with Crippen LogP contribution in [0.5, 0.6) is 0 Å². The molecule has 0 aromatic heterocycles. The molecule has 0 aliphatic carbocycles. The fourth-order valence-electron chi connectivity index (χ4n) is 2.01. The summed E-state index contributed by atoms with van der Waals surface area (Å²) in [4.78, 5) is 15.1. The van der Waals surface area contributed by atoms with Gasteiger partial charge in [-0.15, -0.1) is 0 Å². The first-order valence-corrected chi connectivity index (χ1v) is 8.23. The Hall–Kier alpha value is -0.820. The van der Waals surface area contributed by atoms with Gasteiger partial charge in [0.05, 0.1) is 5.75 Å². The molecule has 2 amide bonds. The van der Waals surface area contributed by atoms with Gasteiger partial charge in [0.25, 0.3) is 0 Å². The van der Waals surface area contributed by atoms with Crippen molar-refractivity contribution in [1.29, 1.82) is 0 Å². The number of urea groups is 1. The molecule has 1 N–H and O–H groups in total. The van der Waals surface area contributed by atoms with Crippen molar-refractivity contribution in [3.63, 3.8) is 0 Å². The van der Waals surface area contributed by atoms with E-state index in [9.17, 15) is 13.2 Å². The summed E-state index contributed by atoms with van der Waals surface area (Å²) in [5, 5.41) is 3.24. The van der Waals surface area contributed by atoms with Gasteiger partial charge >= 0.3 is 6.03 Å². The average molecular weight is 277 g/mol. The van der Waals surface area contributed by atoms with Crippen molar-refractivity contribution in [3.8, 4) is 0 Å². The van der Waals surface area contributed by atoms with Gasteiger partial charge in [-0.05, 0) is 12.8 Å². The monoisotopic (exact) mass is 277 g/mol. The van der Waals surface area contributed by atoms with Crippen molar-refractivity contribution in [3.05, 3.63) is 0 Å². The van der Waals surface area contributed by atoms with Crippen LogP contribution in [0.25, 0.3) is 0 Å². The predicted molar refractivity (Wildman–Crippen MR) is 71.4 cm³/mol. The molecule has 0 aromatic carbocycles. The lowest BCUT2D eigenvalue weighted by Gasteiger charge is -2.34. The summed E-state index contributed by atoms with van der Waals surface area (Å²) in [7, 11) is 0.603. The lowest BCUT2D eigenvalue weighted by molar-refractivity contribution is 0.153. The SMILES string of the molecule is CN(C)C(=O)N1CCC(NCCS(C)(=O)=O)CC1. The third kappa shape index (κ3) is 5.22. The lowest BCUT2D eigenvalue weighted by atomic mass is 10.1. The number of hydrogen-bond donors (Lipinski definition) is 1. The maximum atomic E-state index is 11.7. The second-order valence-electron chi connectivity index (χ2n) is 5.02. The number of nitrogens with one attached hydrogen (secondary N) is 1. The maximum absolute atomic E-state index is 11.7. The fourth-order valence-corrected chi connectivity index (χ4v) is 2.49. The van der Waals surface area contributed by atoms with Crippen LogP contribution in [0.4, 0.5) is 4.79 Å². The van der Waals surface area contributed by atoms with Crippen LogP contribution in [0.2, 0.25) is 0 Å². The van der Waals surface area contributed by atoms with E-state index in [1.807, 2.05) is 4.90 Å².